The number of aromatic nitrogens is 1. The van der Waals surface area contributed by atoms with Gasteiger partial charge in [0.15, 0.2) is 5.78 Å². The monoisotopic (exact) mass is 737 g/mol. The van der Waals surface area contributed by atoms with Crippen LogP contribution in [0.2, 0.25) is 0 Å². The highest BCUT2D eigenvalue weighted by Crippen LogP contribution is 2.36. The van der Waals surface area contributed by atoms with Crippen LogP contribution in [0.5, 0.6) is 5.75 Å². The Balaban J connectivity index is 0.862. The number of imide groups is 1. The Bertz CT molecular complexity index is 2080. The van der Waals surface area contributed by atoms with E-state index in [-0.39, 0.29) is 41.1 Å². The molecule has 1 unspecified atom stereocenters. The lowest BCUT2D eigenvalue weighted by molar-refractivity contribution is -0.125. The van der Waals surface area contributed by atoms with E-state index < -0.39 is 29.6 Å². The third kappa shape index (κ3) is 8.04. The number of carbonyl (C=O) groups excluding carboxylic acids is 6. The summed E-state index contributed by atoms with van der Waals surface area (Å²) in [6.07, 6.45) is 9.08. The molecule has 13 heteroatoms. The number of piperidine rings is 1. The minimum atomic E-state index is -0.926. The van der Waals surface area contributed by atoms with Gasteiger partial charge in [-0.25, -0.2) is 4.39 Å². The van der Waals surface area contributed by atoms with Crippen LogP contribution in [0.4, 0.5) is 10.1 Å². The van der Waals surface area contributed by atoms with E-state index in [9.17, 15) is 33.2 Å². The van der Waals surface area contributed by atoms with Gasteiger partial charge in [-0.3, -0.25) is 33.7 Å². The quantitative estimate of drug-likeness (QED) is 0.0778. The topological polar surface area (TPSA) is 167 Å². The summed E-state index contributed by atoms with van der Waals surface area (Å²) in [5, 5.41) is 8.34. The minimum Gasteiger partial charge on any atom is -0.485 e. The normalized spacial score (nSPS) is 17.1. The summed E-state index contributed by atoms with van der Waals surface area (Å²) < 4.78 is 19.6. The number of ketones is 1. The van der Waals surface area contributed by atoms with E-state index in [0.29, 0.717) is 77.3 Å². The third-order valence-corrected chi connectivity index (χ3v) is 10.1. The van der Waals surface area contributed by atoms with Crippen LogP contribution in [0.3, 0.4) is 0 Å². The van der Waals surface area contributed by atoms with E-state index in [0.717, 1.165) is 43.4 Å². The van der Waals surface area contributed by atoms with Gasteiger partial charge in [0, 0.05) is 41.3 Å². The smallest absolute Gasteiger partial charge is 0.266 e. The van der Waals surface area contributed by atoms with Crippen LogP contribution in [0.15, 0.2) is 48.7 Å². The molecular formula is C41H44FN5O7. The Morgan fingerprint density at radius 3 is 2.46 bits per heavy atom. The zero-order valence-electron chi connectivity index (χ0n) is 30.5. The molecule has 4 heterocycles. The molecule has 54 heavy (non-hydrogen) atoms. The second kappa shape index (κ2) is 16.4. The van der Waals surface area contributed by atoms with Gasteiger partial charge in [0.1, 0.15) is 24.2 Å². The molecule has 3 aliphatic heterocycles. The summed E-state index contributed by atoms with van der Waals surface area (Å²) in [6.45, 7) is 7.67. The van der Waals surface area contributed by atoms with Gasteiger partial charge in [0.2, 0.25) is 5.91 Å². The number of aromatic amines is 1. The van der Waals surface area contributed by atoms with Crippen LogP contribution in [0.1, 0.15) is 118 Å². The van der Waals surface area contributed by atoms with Crippen molar-refractivity contribution in [2.75, 3.05) is 18.5 Å². The number of nitrogens with zero attached hydrogens (tertiary/aromatic N) is 1. The molecule has 2 aromatic carbocycles. The highest BCUT2D eigenvalue weighted by molar-refractivity contribution is 6.35. The lowest BCUT2D eigenvalue weighted by atomic mass is 10.0. The van der Waals surface area contributed by atoms with Crippen LogP contribution >= 0.6 is 0 Å². The second-order valence-corrected chi connectivity index (χ2v) is 14.0. The molecule has 0 saturated carbocycles. The Morgan fingerprint density at radius 1 is 0.963 bits per heavy atom. The fourth-order valence-corrected chi connectivity index (χ4v) is 7.24. The largest absolute Gasteiger partial charge is 0.485 e. The Morgan fingerprint density at radius 2 is 1.70 bits per heavy atom. The Kier molecular flexibility index (Phi) is 11.5. The molecule has 5 amide bonds. The van der Waals surface area contributed by atoms with Crippen molar-refractivity contribution in [2.24, 2.45) is 0 Å². The van der Waals surface area contributed by atoms with Crippen LogP contribution < -0.4 is 20.7 Å². The van der Waals surface area contributed by atoms with Gasteiger partial charge in [-0.2, -0.15) is 0 Å². The van der Waals surface area contributed by atoms with Crippen LogP contribution in [-0.4, -0.2) is 64.4 Å². The van der Waals surface area contributed by atoms with E-state index in [4.69, 9.17) is 4.74 Å². The maximum atomic E-state index is 13.9. The molecule has 1 fully saturated rings. The van der Waals surface area contributed by atoms with Crippen molar-refractivity contribution < 1.29 is 37.9 Å². The van der Waals surface area contributed by atoms with Crippen molar-refractivity contribution >= 4 is 52.7 Å². The zero-order valence-corrected chi connectivity index (χ0v) is 30.5. The first-order valence-corrected chi connectivity index (χ1v) is 18.4. The maximum absolute atomic E-state index is 13.9. The number of unbranched alkanes of at least 4 members (excludes halogenated alkanes) is 6. The van der Waals surface area contributed by atoms with Crippen LogP contribution in [-0.2, 0) is 14.4 Å². The van der Waals surface area contributed by atoms with E-state index in [1.807, 2.05) is 6.92 Å². The number of amides is 5. The number of aryl methyl sites for hydroxylation is 1. The second-order valence-electron chi connectivity index (χ2n) is 14.0. The molecule has 0 aliphatic carbocycles. The molecule has 282 valence electrons. The molecule has 1 atom stereocenters. The highest BCUT2D eigenvalue weighted by Gasteiger charge is 2.45. The molecule has 0 spiro atoms. The SMILES string of the molecule is C=C1CCC(N2C(=O)c3cccc(OCC(=O)CCCCCCCCCNC(=O)c4c(C)[nH]c(/C=C5\C(=O)Nc6ccc(F)cc65)c4C)c3C2=O)C(=O)N1. The number of rotatable bonds is 16. The number of anilines is 1. The summed E-state index contributed by atoms with van der Waals surface area (Å²) in [7, 11) is 0. The average Bonchev–Trinajstić information content (AvgIpc) is 3.70. The molecule has 12 nitrogen and oxygen atoms in total. The van der Waals surface area contributed by atoms with Gasteiger partial charge >= 0.3 is 0 Å². The summed E-state index contributed by atoms with van der Waals surface area (Å²) in [4.78, 5) is 81.1. The fraction of sp³-hybridized carbons (Fsp3) is 0.366. The molecule has 6 rings (SSSR count). The van der Waals surface area contributed by atoms with Gasteiger partial charge in [-0.15, -0.1) is 0 Å². The number of fused-ring (bicyclic) bond motifs is 2. The predicted molar refractivity (Wildman–Crippen MR) is 200 cm³/mol. The molecule has 3 aromatic rings. The molecule has 1 saturated heterocycles. The summed E-state index contributed by atoms with van der Waals surface area (Å²) in [5.41, 5.74) is 4.68. The third-order valence-electron chi connectivity index (χ3n) is 10.1. The van der Waals surface area contributed by atoms with E-state index in [1.54, 1.807) is 25.1 Å². The fourth-order valence-electron chi connectivity index (χ4n) is 7.24. The van der Waals surface area contributed by atoms with Crippen LogP contribution in [0, 0.1) is 19.7 Å². The standard InChI is InChI=1S/C41H44FN5O7/c1-23-15-18-33(38(50)44-23)47-40(52)28-13-11-14-34(36(28)41(47)53)54-22-27(48)12-9-7-5-4-6-8-10-19-43-39(51)35-24(2)32(45-25(35)3)21-30-29-20-26(42)16-17-31(29)46-37(30)49/h11,13-14,16-17,20-21,33,45H,1,4-10,12,15,18-19,22H2,2-3H3,(H,43,51)(H,44,50)(H,46,49)/b30-21-. The number of allylic oxidation sites excluding steroid dienone is 1. The Labute approximate surface area is 312 Å². The van der Waals surface area contributed by atoms with Crippen LogP contribution in [0.25, 0.3) is 11.6 Å². The van der Waals surface area contributed by atoms with E-state index in [1.165, 1.54) is 24.3 Å². The molecule has 1 aromatic heterocycles. The predicted octanol–water partition coefficient (Wildman–Crippen LogP) is 6.15. The maximum Gasteiger partial charge on any atom is 0.266 e. The first-order valence-electron chi connectivity index (χ1n) is 18.4. The van der Waals surface area contributed by atoms with Gasteiger partial charge in [0.25, 0.3) is 23.6 Å². The highest BCUT2D eigenvalue weighted by atomic mass is 19.1. The van der Waals surface area contributed by atoms with Crippen molar-refractivity contribution in [3.63, 3.8) is 0 Å². The van der Waals surface area contributed by atoms with E-state index >= 15 is 0 Å². The molecule has 3 aliphatic rings. The van der Waals surface area contributed by atoms with Gasteiger partial charge in [0.05, 0.1) is 22.3 Å². The van der Waals surface area contributed by atoms with Gasteiger partial charge in [-0.1, -0.05) is 44.7 Å². The number of carbonyl (C=O) groups is 6. The van der Waals surface area contributed by atoms with Crippen molar-refractivity contribution in [1.82, 2.24) is 20.5 Å². The number of H-pyrrole nitrogens is 1. The first-order chi connectivity index (χ1) is 25.9. The number of hydrogen-bond acceptors (Lipinski definition) is 7. The summed E-state index contributed by atoms with van der Waals surface area (Å²) in [6, 6.07) is 7.87. The van der Waals surface area contributed by atoms with Gasteiger partial charge in [-0.05, 0) is 81.5 Å². The molecule has 0 bridgehead atoms. The number of benzene rings is 2. The molecular weight excluding hydrogens is 693 g/mol. The minimum absolute atomic E-state index is 0.0754. The number of Topliss-reactive ketones (excluding diaryl/α,β-unsaturated/α-hetero) is 1. The lowest BCUT2D eigenvalue weighted by Crippen LogP contribution is -2.51. The lowest BCUT2D eigenvalue weighted by Gasteiger charge is -2.29. The van der Waals surface area contributed by atoms with Crippen molar-refractivity contribution in [3.8, 4) is 5.75 Å². The number of nitrogens with one attached hydrogen (secondary N) is 4. The Hall–Kier alpha value is -5.85. The summed E-state index contributed by atoms with van der Waals surface area (Å²) in [5.74, 6) is -2.52. The molecule has 4 N–H and O–H groups in total. The van der Waals surface area contributed by atoms with E-state index in [2.05, 4.69) is 27.5 Å². The first kappa shape index (κ1) is 37.9. The van der Waals surface area contributed by atoms with Crippen molar-refractivity contribution in [2.45, 2.75) is 84.1 Å². The molecule has 0 radical (unpaired) electrons. The average molecular weight is 738 g/mol. The van der Waals surface area contributed by atoms with Gasteiger partial charge < -0.3 is 25.7 Å². The van der Waals surface area contributed by atoms with Crippen molar-refractivity contribution in [3.05, 3.63) is 93.7 Å². The number of ether oxygens (including phenoxy) is 1. The number of halogens is 1. The summed E-state index contributed by atoms with van der Waals surface area (Å²) >= 11 is 0. The zero-order chi connectivity index (χ0) is 38.5. The van der Waals surface area contributed by atoms with Crippen molar-refractivity contribution in [1.29, 1.82) is 0 Å². The number of hydrogen-bond donors (Lipinski definition) is 4.